The Hall–Kier alpha value is -2.75. The number of hydrogen-bond acceptors (Lipinski definition) is 5. The van der Waals surface area contributed by atoms with Crippen molar-refractivity contribution < 1.29 is 13.2 Å². The van der Waals surface area contributed by atoms with Crippen molar-refractivity contribution in [2.45, 2.75) is 33.6 Å². The van der Waals surface area contributed by atoms with E-state index in [2.05, 4.69) is 19.9 Å². The van der Waals surface area contributed by atoms with Crippen LogP contribution in [0, 0.1) is 0 Å². The zero-order chi connectivity index (χ0) is 18.3. The van der Waals surface area contributed by atoms with Gasteiger partial charge in [-0.1, -0.05) is 7.43 Å². The fourth-order valence-corrected chi connectivity index (χ4v) is 3.48. The molecule has 0 aliphatic carbocycles. The van der Waals surface area contributed by atoms with Crippen LogP contribution in [0.3, 0.4) is 0 Å². The summed E-state index contributed by atoms with van der Waals surface area (Å²) in [5, 5.41) is 2.13. The standard InChI is InChI=1S/C16H13F3N6S.CH4/c1-2-25-11-3-4-20-7-10(11)22-13(25)9-24-8-12(16(17,18)19)23-14(24)15-21-5-6-26-15;/h3-8H,2,9H2,1H3;1H4. The Kier molecular flexibility index (Phi) is 5.01. The van der Waals surface area contributed by atoms with Gasteiger partial charge in [0.15, 0.2) is 16.5 Å². The lowest BCUT2D eigenvalue weighted by atomic mass is 10.4. The summed E-state index contributed by atoms with van der Waals surface area (Å²) >= 11 is 1.24. The van der Waals surface area contributed by atoms with Gasteiger partial charge in [0.2, 0.25) is 0 Å². The molecule has 0 aliphatic heterocycles. The number of pyridine rings is 1. The molecule has 4 heterocycles. The third-order valence-electron chi connectivity index (χ3n) is 3.95. The van der Waals surface area contributed by atoms with Crippen molar-refractivity contribution in [3.63, 3.8) is 0 Å². The maximum Gasteiger partial charge on any atom is 0.434 e. The van der Waals surface area contributed by atoms with Crippen molar-refractivity contribution in [3.8, 4) is 10.8 Å². The van der Waals surface area contributed by atoms with Gasteiger partial charge < -0.3 is 9.13 Å². The highest BCUT2D eigenvalue weighted by Gasteiger charge is 2.35. The second-order valence-electron chi connectivity index (χ2n) is 5.55. The van der Waals surface area contributed by atoms with Crippen LogP contribution in [0.1, 0.15) is 25.9 Å². The summed E-state index contributed by atoms with van der Waals surface area (Å²) in [4.78, 5) is 16.4. The Labute approximate surface area is 157 Å². The van der Waals surface area contributed by atoms with E-state index in [-0.39, 0.29) is 19.8 Å². The Morgan fingerprint density at radius 1 is 1.19 bits per heavy atom. The molecule has 6 nitrogen and oxygen atoms in total. The van der Waals surface area contributed by atoms with E-state index in [1.165, 1.54) is 15.9 Å². The van der Waals surface area contributed by atoms with E-state index < -0.39 is 11.9 Å². The van der Waals surface area contributed by atoms with Crippen molar-refractivity contribution in [1.82, 2.24) is 29.1 Å². The molecule has 0 aliphatic rings. The fourth-order valence-electron chi connectivity index (χ4n) is 2.84. The summed E-state index contributed by atoms with van der Waals surface area (Å²) in [6.07, 6.45) is 1.33. The van der Waals surface area contributed by atoms with Crippen LogP contribution in [0.2, 0.25) is 0 Å². The number of thiazole rings is 1. The van der Waals surface area contributed by atoms with Gasteiger partial charge in [-0.25, -0.2) is 15.0 Å². The quantitative estimate of drug-likeness (QED) is 0.512. The van der Waals surface area contributed by atoms with Crippen molar-refractivity contribution in [3.05, 3.63) is 47.8 Å². The van der Waals surface area contributed by atoms with Gasteiger partial charge in [-0.3, -0.25) is 4.98 Å². The molecular weight excluding hydrogens is 377 g/mol. The van der Waals surface area contributed by atoms with Crippen LogP contribution in [0.25, 0.3) is 21.9 Å². The molecule has 0 N–H and O–H groups in total. The smallest absolute Gasteiger partial charge is 0.327 e. The molecule has 4 rings (SSSR count). The monoisotopic (exact) mass is 394 g/mol. The molecule has 0 fully saturated rings. The minimum Gasteiger partial charge on any atom is -0.327 e. The number of imidazole rings is 2. The van der Waals surface area contributed by atoms with Crippen molar-refractivity contribution in [1.29, 1.82) is 0 Å². The van der Waals surface area contributed by atoms with Crippen LogP contribution < -0.4 is 0 Å². The number of hydrogen-bond donors (Lipinski definition) is 0. The molecule has 0 bridgehead atoms. The average molecular weight is 394 g/mol. The first-order valence-electron chi connectivity index (χ1n) is 7.80. The largest absolute Gasteiger partial charge is 0.434 e. The Balaban J connectivity index is 0.00000210. The van der Waals surface area contributed by atoms with Crippen LogP contribution in [-0.4, -0.2) is 29.1 Å². The average Bonchev–Trinajstić information content (AvgIpc) is 3.32. The first-order chi connectivity index (χ1) is 12.5. The Morgan fingerprint density at radius 2 is 2.00 bits per heavy atom. The highest BCUT2D eigenvalue weighted by atomic mass is 32.1. The first-order valence-corrected chi connectivity index (χ1v) is 8.68. The predicted molar refractivity (Wildman–Crippen MR) is 97.4 cm³/mol. The molecule has 10 heteroatoms. The van der Waals surface area contributed by atoms with Gasteiger partial charge in [-0.05, 0) is 13.0 Å². The maximum atomic E-state index is 13.2. The number of nitrogens with zero attached hydrogens (tertiary/aromatic N) is 6. The Bertz CT molecular complexity index is 1050. The van der Waals surface area contributed by atoms with Crippen LogP contribution >= 0.6 is 11.3 Å². The summed E-state index contributed by atoms with van der Waals surface area (Å²) < 4.78 is 42.9. The molecule has 27 heavy (non-hydrogen) atoms. The molecule has 4 aromatic rings. The van der Waals surface area contributed by atoms with E-state index in [1.807, 2.05) is 17.6 Å². The molecule has 0 radical (unpaired) electrons. The van der Waals surface area contributed by atoms with Gasteiger partial charge in [-0.2, -0.15) is 13.2 Å². The highest BCUT2D eigenvalue weighted by molar-refractivity contribution is 7.13. The molecule has 4 aromatic heterocycles. The maximum absolute atomic E-state index is 13.2. The number of fused-ring (bicyclic) bond motifs is 1. The van der Waals surface area contributed by atoms with Gasteiger partial charge >= 0.3 is 6.18 Å². The van der Waals surface area contributed by atoms with E-state index in [0.717, 1.165) is 11.7 Å². The number of aromatic nitrogens is 6. The van der Waals surface area contributed by atoms with E-state index in [0.29, 0.717) is 22.9 Å². The molecule has 0 saturated heterocycles. The summed E-state index contributed by atoms with van der Waals surface area (Å²) in [6.45, 7) is 2.76. The zero-order valence-corrected chi connectivity index (χ0v) is 14.4. The summed E-state index contributed by atoms with van der Waals surface area (Å²) in [7, 11) is 0. The first kappa shape index (κ1) is 19.0. The number of aryl methyl sites for hydroxylation is 1. The molecule has 0 atom stereocenters. The molecule has 0 amide bonds. The summed E-state index contributed by atoms with van der Waals surface area (Å²) in [5.74, 6) is 0.819. The second-order valence-corrected chi connectivity index (χ2v) is 6.44. The van der Waals surface area contributed by atoms with Gasteiger partial charge in [-0.15, -0.1) is 11.3 Å². The normalized spacial score (nSPS) is 11.7. The van der Waals surface area contributed by atoms with Gasteiger partial charge in [0.05, 0.1) is 18.3 Å². The van der Waals surface area contributed by atoms with E-state index in [9.17, 15) is 13.2 Å². The number of halogens is 3. The topological polar surface area (TPSA) is 61.4 Å². The molecule has 142 valence electrons. The summed E-state index contributed by atoms with van der Waals surface area (Å²) in [5.41, 5.74) is 0.657. The second kappa shape index (κ2) is 7.10. The van der Waals surface area contributed by atoms with Crippen LogP contribution in [-0.2, 0) is 19.3 Å². The van der Waals surface area contributed by atoms with E-state index >= 15 is 0 Å². The third-order valence-corrected chi connectivity index (χ3v) is 4.72. The lowest BCUT2D eigenvalue weighted by molar-refractivity contribution is -0.140. The van der Waals surface area contributed by atoms with E-state index in [4.69, 9.17) is 0 Å². The van der Waals surface area contributed by atoms with Crippen LogP contribution in [0.15, 0.2) is 36.2 Å². The van der Waals surface area contributed by atoms with Gasteiger partial charge in [0.25, 0.3) is 0 Å². The summed E-state index contributed by atoms with van der Waals surface area (Å²) in [6, 6.07) is 1.84. The molecule has 0 saturated carbocycles. The minimum atomic E-state index is -4.52. The third kappa shape index (κ3) is 3.44. The molecule has 0 aromatic carbocycles. The zero-order valence-electron chi connectivity index (χ0n) is 13.6. The molecular formula is C17H17F3N6S. The van der Waals surface area contributed by atoms with E-state index in [1.54, 1.807) is 24.0 Å². The number of alkyl halides is 3. The minimum absolute atomic E-state index is 0. The molecule has 0 spiro atoms. The molecule has 0 unspecified atom stereocenters. The highest BCUT2D eigenvalue weighted by Crippen LogP contribution is 2.32. The lowest BCUT2D eigenvalue weighted by Gasteiger charge is -2.08. The number of rotatable bonds is 4. The predicted octanol–water partition coefficient (Wildman–Crippen LogP) is 4.47. The van der Waals surface area contributed by atoms with Crippen LogP contribution in [0.5, 0.6) is 0 Å². The fraction of sp³-hybridized carbons (Fsp3) is 0.294. The van der Waals surface area contributed by atoms with Gasteiger partial charge in [0.1, 0.15) is 11.3 Å². The van der Waals surface area contributed by atoms with Crippen LogP contribution in [0.4, 0.5) is 13.2 Å². The SMILES string of the molecule is C.CCn1c(Cn2cc(C(F)(F)F)nc2-c2nccs2)nc2cnccc21. The van der Waals surface area contributed by atoms with Crippen molar-refractivity contribution in [2.24, 2.45) is 0 Å². The van der Waals surface area contributed by atoms with Crippen molar-refractivity contribution in [2.75, 3.05) is 0 Å². The Morgan fingerprint density at radius 3 is 2.67 bits per heavy atom. The lowest BCUT2D eigenvalue weighted by Crippen LogP contribution is -2.09. The van der Waals surface area contributed by atoms with Gasteiger partial charge in [0, 0.05) is 30.5 Å². The van der Waals surface area contributed by atoms with Crippen molar-refractivity contribution >= 4 is 22.4 Å².